The average Bonchev–Trinajstić information content (AvgIpc) is 3.37. The molecule has 1 atom stereocenters. The van der Waals surface area contributed by atoms with Gasteiger partial charge in [0.05, 0.1) is 11.6 Å². The Kier molecular flexibility index (Phi) is 8.72. The van der Waals surface area contributed by atoms with E-state index in [1.807, 2.05) is 42.6 Å². The Balaban J connectivity index is 1.54. The minimum Gasteiger partial charge on any atom is -0.491 e. The first kappa shape index (κ1) is 25.9. The van der Waals surface area contributed by atoms with Crippen molar-refractivity contribution in [3.05, 3.63) is 87.4 Å². The fraction of sp³-hybridized carbons (Fsp3) is 0.357. The number of ether oxygens (including phenoxy) is 2. The van der Waals surface area contributed by atoms with Gasteiger partial charge < -0.3 is 19.3 Å². The van der Waals surface area contributed by atoms with E-state index in [4.69, 9.17) is 9.47 Å². The van der Waals surface area contributed by atoms with Crippen LogP contribution in [0.25, 0.3) is 0 Å². The summed E-state index contributed by atoms with van der Waals surface area (Å²) in [4.78, 5) is 31.3. The van der Waals surface area contributed by atoms with E-state index in [1.54, 1.807) is 29.4 Å². The van der Waals surface area contributed by atoms with Crippen LogP contribution in [0.3, 0.4) is 0 Å². The minimum absolute atomic E-state index is 0.0408. The molecule has 3 aromatic rings. The fourth-order valence-electron chi connectivity index (χ4n) is 4.47. The van der Waals surface area contributed by atoms with Crippen LogP contribution in [0, 0.1) is 12.7 Å². The number of methoxy groups -OCH3 is 1. The Morgan fingerprint density at radius 3 is 2.69 bits per heavy atom. The van der Waals surface area contributed by atoms with E-state index in [9.17, 15) is 14.0 Å². The number of rotatable bonds is 10. The summed E-state index contributed by atoms with van der Waals surface area (Å²) >= 11 is 1.69. The van der Waals surface area contributed by atoms with Crippen molar-refractivity contribution in [3.63, 3.8) is 0 Å². The van der Waals surface area contributed by atoms with Gasteiger partial charge in [0.25, 0.3) is 5.91 Å². The van der Waals surface area contributed by atoms with Gasteiger partial charge in [-0.25, -0.2) is 4.39 Å². The molecule has 0 radical (unpaired) electrons. The summed E-state index contributed by atoms with van der Waals surface area (Å²) in [7, 11) is 1.58. The van der Waals surface area contributed by atoms with Crippen molar-refractivity contribution in [2.45, 2.75) is 25.8 Å². The number of halogens is 1. The predicted molar refractivity (Wildman–Crippen MR) is 138 cm³/mol. The zero-order valence-corrected chi connectivity index (χ0v) is 21.4. The summed E-state index contributed by atoms with van der Waals surface area (Å²) in [6.07, 6.45) is 1.29. The van der Waals surface area contributed by atoms with Gasteiger partial charge in [-0.15, -0.1) is 11.3 Å². The molecule has 0 unspecified atom stereocenters. The van der Waals surface area contributed by atoms with Gasteiger partial charge in [0, 0.05) is 31.7 Å². The number of fused-ring (bicyclic) bond motifs is 1. The van der Waals surface area contributed by atoms with Gasteiger partial charge in [0.15, 0.2) is 0 Å². The summed E-state index contributed by atoms with van der Waals surface area (Å²) in [6.45, 7) is 3.41. The average molecular weight is 511 g/mol. The third-order valence-electron chi connectivity index (χ3n) is 6.40. The molecular formula is C28H31FN2O4S. The van der Waals surface area contributed by atoms with Crippen LogP contribution in [0.5, 0.6) is 5.75 Å². The van der Waals surface area contributed by atoms with Gasteiger partial charge in [-0.05, 0) is 60.5 Å². The first-order chi connectivity index (χ1) is 17.5. The number of para-hydroxylation sites is 1. The van der Waals surface area contributed by atoms with Gasteiger partial charge in [-0.3, -0.25) is 9.59 Å². The van der Waals surface area contributed by atoms with Crippen molar-refractivity contribution in [3.8, 4) is 5.75 Å². The van der Waals surface area contributed by atoms with E-state index in [0.29, 0.717) is 26.2 Å². The third-order valence-corrected chi connectivity index (χ3v) is 7.40. The molecule has 2 aromatic carbocycles. The zero-order valence-electron chi connectivity index (χ0n) is 20.6. The lowest BCUT2D eigenvalue weighted by Gasteiger charge is -2.37. The van der Waals surface area contributed by atoms with E-state index in [1.165, 1.54) is 28.0 Å². The lowest BCUT2D eigenvalue weighted by Crippen LogP contribution is -2.48. The van der Waals surface area contributed by atoms with Crippen molar-refractivity contribution >= 4 is 23.2 Å². The van der Waals surface area contributed by atoms with Crippen LogP contribution in [0.1, 0.15) is 38.8 Å². The number of carbonyl (C=O) groups is 2. The predicted octanol–water partition coefficient (Wildman–Crippen LogP) is 4.88. The van der Waals surface area contributed by atoms with E-state index in [0.717, 1.165) is 23.3 Å². The molecule has 0 bridgehead atoms. The fourth-order valence-corrected chi connectivity index (χ4v) is 5.40. The minimum atomic E-state index is -0.600. The maximum absolute atomic E-state index is 14.4. The number of aryl methyl sites for hydroxylation is 1. The number of hydrogen-bond acceptors (Lipinski definition) is 5. The normalized spacial score (nSPS) is 14.9. The van der Waals surface area contributed by atoms with Crippen LogP contribution < -0.4 is 4.74 Å². The molecule has 1 aliphatic rings. The van der Waals surface area contributed by atoms with E-state index in [2.05, 4.69) is 0 Å². The molecule has 6 nitrogen and oxygen atoms in total. The second-order valence-electron chi connectivity index (χ2n) is 8.78. The zero-order chi connectivity index (χ0) is 25.5. The molecule has 8 heteroatoms. The standard InChI is InChI=1S/C28H31FN2O4S/c1-20-8-3-6-11-25(20)35-19-24-22-13-17-36-26(22)12-15-31(24)27(32)18-30(14-7-16-34-2)28(33)21-9-4-5-10-23(21)29/h3-6,8-11,13,17,24H,7,12,14-16,18-19H2,1-2H3/t24-/m0/s1. The summed E-state index contributed by atoms with van der Waals surface area (Å²) in [6, 6.07) is 15.4. The maximum atomic E-state index is 14.4. The number of nitrogens with zero attached hydrogens (tertiary/aromatic N) is 2. The van der Waals surface area contributed by atoms with Crippen molar-refractivity contribution in [1.82, 2.24) is 9.80 Å². The number of thiophene rings is 1. The summed E-state index contributed by atoms with van der Waals surface area (Å²) in [5.41, 5.74) is 2.07. The monoisotopic (exact) mass is 510 g/mol. The van der Waals surface area contributed by atoms with Gasteiger partial charge in [-0.1, -0.05) is 30.3 Å². The molecule has 0 saturated heterocycles. The van der Waals surface area contributed by atoms with E-state index in [-0.39, 0.29) is 30.6 Å². The van der Waals surface area contributed by atoms with Gasteiger partial charge in [-0.2, -0.15) is 0 Å². The Labute approximate surface area is 215 Å². The van der Waals surface area contributed by atoms with Crippen molar-refractivity contribution in [2.75, 3.05) is 40.0 Å². The molecule has 4 rings (SSSR count). The SMILES string of the molecule is COCCCN(CC(=O)N1CCc2sccc2[C@@H]1COc1ccccc1C)C(=O)c1ccccc1F. The molecule has 0 spiro atoms. The molecule has 36 heavy (non-hydrogen) atoms. The first-order valence-electron chi connectivity index (χ1n) is 12.1. The Hall–Kier alpha value is -3.23. The molecule has 0 aliphatic carbocycles. The highest BCUT2D eigenvalue weighted by molar-refractivity contribution is 7.10. The van der Waals surface area contributed by atoms with Gasteiger partial charge in [0.2, 0.25) is 5.91 Å². The Morgan fingerprint density at radius 1 is 1.14 bits per heavy atom. The van der Waals surface area contributed by atoms with Crippen molar-refractivity contribution in [1.29, 1.82) is 0 Å². The van der Waals surface area contributed by atoms with Crippen LogP contribution in [0.2, 0.25) is 0 Å². The number of hydrogen-bond donors (Lipinski definition) is 0. The quantitative estimate of drug-likeness (QED) is 0.365. The molecule has 0 fully saturated rings. The van der Waals surface area contributed by atoms with Crippen molar-refractivity contribution < 1.29 is 23.5 Å². The lowest BCUT2D eigenvalue weighted by atomic mass is 10.00. The molecule has 0 saturated carbocycles. The van der Waals surface area contributed by atoms with Crippen LogP contribution in [0.4, 0.5) is 4.39 Å². The first-order valence-corrected chi connectivity index (χ1v) is 12.9. The number of carbonyl (C=O) groups excluding carboxylic acids is 2. The summed E-state index contributed by atoms with van der Waals surface area (Å²) in [5, 5.41) is 2.04. The molecular weight excluding hydrogens is 479 g/mol. The molecule has 1 aliphatic heterocycles. The summed E-state index contributed by atoms with van der Waals surface area (Å²) < 4.78 is 25.7. The van der Waals surface area contributed by atoms with Crippen LogP contribution in [0.15, 0.2) is 60.0 Å². The van der Waals surface area contributed by atoms with Crippen LogP contribution >= 0.6 is 11.3 Å². The molecule has 2 amide bonds. The highest BCUT2D eigenvalue weighted by atomic mass is 32.1. The Bertz CT molecular complexity index is 1200. The largest absolute Gasteiger partial charge is 0.491 e. The highest BCUT2D eigenvalue weighted by Gasteiger charge is 2.34. The molecule has 2 heterocycles. The third kappa shape index (κ3) is 5.94. The molecule has 0 N–H and O–H groups in total. The summed E-state index contributed by atoms with van der Waals surface area (Å²) in [5.74, 6) is -0.508. The van der Waals surface area contributed by atoms with E-state index < -0.39 is 11.7 Å². The maximum Gasteiger partial charge on any atom is 0.257 e. The number of benzene rings is 2. The molecule has 1 aromatic heterocycles. The highest BCUT2D eigenvalue weighted by Crippen LogP contribution is 2.34. The topological polar surface area (TPSA) is 59.1 Å². The number of amides is 2. The lowest BCUT2D eigenvalue weighted by molar-refractivity contribution is -0.135. The Morgan fingerprint density at radius 2 is 1.92 bits per heavy atom. The van der Waals surface area contributed by atoms with Crippen molar-refractivity contribution in [2.24, 2.45) is 0 Å². The van der Waals surface area contributed by atoms with Crippen LogP contribution in [-0.4, -0.2) is 61.6 Å². The van der Waals surface area contributed by atoms with Gasteiger partial charge in [0.1, 0.15) is 24.7 Å². The van der Waals surface area contributed by atoms with Crippen LogP contribution in [-0.2, 0) is 16.0 Å². The second kappa shape index (κ2) is 12.1. The molecule has 190 valence electrons. The smallest absolute Gasteiger partial charge is 0.257 e. The van der Waals surface area contributed by atoms with Gasteiger partial charge >= 0.3 is 0 Å². The van der Waals surface area contributed by atoms with E-state index >= 15 is 0 Å². The second-order valence-corrected chi connectivity index (χ2v) is 9.78.